The number of pyridine rings is 1. The van der Waals surface area contributed by atoms with Crippen LogP contribution in [0, 0.1) is 18.8 Å². The van der Waals surface area contributed by atoms with Crippen molar-refractivity contribution in [3.05, 3.63) is 24.0 Å². The quantitative estimate of drug-likeness (QED) is 0.519. The Balaban J connectivity index is 2.39. The van der Waals surface area contributed by atoms with E-state index in [-0.39, 0.29) is 0 Å². The SMILES string of the molecule is CC#CCCOc1ccnc(C)c1. The zero-order valence-corrected chi connectivity index (χ0v) is 8.00. The lowest BCUT2D eigenvalue weighted by Gasteiger charge is -2.03. The average molecular weight is 175 g/mol. The van der Waals surface area contributed by atoms with Gasteiger partial charge in [0.2, 0.25) is 0 Å². The van der Waals surface area contributed by atoms with Crippen LogP contribution in [0.15, 0.2) is 18.3 Å². The van der Waals surface area contributed by atoms with Crippen LogP contribution in [0.5, 0.6) is 5.75 Å². The minimum Gasteiger partial charge on any atom is -0.492 e. The van der Waals surface area contributed by atoms with Crippen LogP contribution >= 0.6 is 0 Å². The van der Waals surface area contributed by atoms with Gasteiger partial charge in [-0.1, -0.05) is 0 Å². The van der Waals surface area contributed by atoms with Crippen molar-refractivity contribution in [2.45, 2.75) is 20.3 Å². The second-order valence-corrected chi connectivity index (χ2v) is 2.66. The minimum absolute atomic E-state index is 0.643. The van der Waals surface area contributed by atoms with Crippen LogP contribution in [-0.4, -0.2) is 11.6 Å². The lowest BCUT2D eigenvalue weighted by Crippen LogP contribution is -1.96. The molecule has 0 atom stereocenters. The Morgan fingerprint density at radius 1 is 1.54 bits per heavy atom. The monoisotopic (exact) mass is 175 g/mol. The molecule has 0 unspecified atom stereocenters. The normalized spacial score (nSPS) is 8.77. The van der Waals surface area contributed by atoms with Gasteiger partial charge in [-0.3, -0.25) is 4.98 Å². The van der Waals surface area contributed by atoms with Gasteiger partial charge in [0.05, 0.1) is 6.61 Å². The summed E-state index contributed by atoms with van der Waals surface area (Å²) >= 11 is 0. The second-order valence-electron chi connectivity index (χ2n) is 2.66. The summed E-state index contributed by atoms with van der Waals surface area (Å²) in [6, 6.07) is 3.77. The predicted octanol–water partition coefficient (Wildman–Crippen LogP) is 2.18. The Morgan fingerprint density at radius 3 is 3.08 bits per heavy atom. The first-order valence-electron chi connectivity index (χ1n) is 4.28. The zero-order valence-electron chi connectivity index (χ0n) is 8.00. The summed E-state index contributed by atoms with van der Waals surface area (Å²) in [7, 11) is 0. The van der Waals surface area contributed by atoms with Crippen molar-refractivity contribution in [1.82, 2.24) is 4.98 Å². The first kappa shape index (κ1) is 9.60. The Hall–Kier alpha value is -1.49. The van der Waals surface area contributed by atoms with E-state index in [1.807, 2.05) is 26.0 Å². The molecule has 68 valence electrons. The number of hydrogen-bond acceptors (Lipinski definition) is 2. The summed E-state index contributed by atoms with van der Waals surface area (Å²) < 4.78 is 5.45. The first-order chi connectivity index (χ1) is 6.33. The third kappa shape index (κ3) is 3.62. The highest BCUT2D eigenvalue weighted by atomic mass is 16.5. The molecular weight excluding hydrogens is 162 g/mol. The fourth-order valence-corrected chi connectivity index (χ4v) is 0.954. The Bertz CT molecular complexity index is 322. The molecule has 0 N–H and O–H groups in total. The molecule has 2 heteroatoms. The Labute approximate surface area is 79.0 Å². The van der Waals surface area contributed by atoms with E-state index >= 15 is 0 Å². The van der Waals surface area contributed by atoms with Crippen LogP contribution in [0.2, 0.25) is 0 Å². The number of hydrogen-bond donors (Lipinski definition) is 0. The highest BCUT2D eigenvalue weighted by Crippen LogP contribution is 2.09. The lowest BCUT2D eigenvalue weighted by atomic mass is 10.3. The summed E-state index contributed by atoms with van der Waals surface area (Å²) in [6.07, 6.45) is 2.52. The van der Waals surface area contributed by atoms with E-state index in [0.717, 1.165) is 17.9 Å². The van der Waals surface area contributed by atoms with Gasteiger partial charge in [-0.25, -0.2) is 0 Å². The number of ether oxygens (including phenoxy) is 1. The number of rotatable bonds is 3. The minimum atomic E-state index is 0.643. The van der Waals surface area contributed by atoms with E-state index in [4.69, 9.17) is 4.74 Å². The molecule has 1 aromatic heterocycles. The van der Waals surface area contributed by atoms with Gasteiger partial charge in [0.15, 0.2) is 0 Å². The molecule has 0 spiro atoms. The van der Waals surface area contributed by atoms with Gasteiger partial charge in [-0.05, 0) is 19.9 Å². The molecule has 0 aliphatic rings. The van der Waals surface area contributed by atoms with E-state index in [1.165, 1.54) is 0 Å². The van der Waals surface area contributed by atoms with Gasteiger partial charge in [0.25, 0.3) is 0 Å². The average Bonchev–Trinajstić information content (AvgIpc) is 2.13. The van der Waals surface area contributed by atoms with Crippen LogP contribution in [0.3, 0.4) is 0 Å². The molecule has 0 radical (unpaired) electrons. The molecule has 0 saturated heterocycles. The molecule has 1 rings (SSSR count). The summed E-state index contributed by atoms with van der Waals surface area (Å²) in [5.41, 5.74) is 0.971. The van der Waals surface area contributed by atoms with Gasteiger partial charge in [-0.2, -0.15) is 0 Å². The van der Waals surface area contributed by atoms with Crippen LogP contribution in [0.1, 0.15) is 19.0 Å². The van der Waals surface area contributed by atoms with Crippen molar-refractivity contribution < 1.29 is 4.74 Å². The zero-order chi connectivity index (χ0) is 9.52. The van der Waals surface area contributed by atoms with Crippen molar-refractivity contribution in [2.75, 3.05) is 6.61 Å². The number of aryl methyl sites for hydroxylation is 1. The maximum absolute atomic E-state index is 5.45. The van der Waals surface area contributed by atoms with Crippen LogP contribution in [-0.2, 0) is 0 Å². The third-order valence-electron chi connectivity index (χ3n) is 1.54. The molecular formula is C11H13NO. The van der Waals surface area contributed by atoms with Crippen molar-refractivity contribution >= 4 is 0 Å². The van der Waals surface area contributed by atoms with Crippen LogP contribution in [0.4, 0.5) is 0 Å². The molecule has 0 aliphatic heterocycles. The third-order valence-corrected chi connectivity index (χ3v) is 1.54. The second kappa shape index (κ2) is 5.21. The van der Waals surface area contributed by atoms with Gasteiger partial charge in [0.1, 0.15) is 5.75 Å². The van der Waals surface area contributed by atoms with Gasteiger partial charge in [0, 0.05) is 24.4 Å². The fourth-order valence-electron chi connectivity index (χ4n) is 0.954. The van der Waals surface area contributed by atoms with Gasteiger partial charge < -0.3 is 4.74 Å². The lowest BCUT2D eigenvalue weighted by molar-refractivity contribution is 0.326. The molecule has 2 nitrogen and oxygen atoms in total. The first-order valence-corrected chi connectivity index (χ1v) is 4.28. The van der Waals surface area contributed by atoms with Crippen molar-refractivity contribution in [1.29, 1.82) is 0 Å². The number of aromatic nitrogens is 1. The summed E-state index contributed by atoms with van der Waals surface area (Å²) in [5.74, 6) is 6.63. The van der Waals surface area contributed by atoms with E-state index in [0.29, 0.717) is 6.61 Å². The smallest absolute Gasteiger partial charge is 0.122 e. The van der Waals surface area contributed by atoms with E-state index in [9.17, 15) is 0 Å². The van der Waals surface area contributed by atoms with Crippen molar-refractivity contribution in [3.8, 4) is 17.6 Å². The maximum atomic E-state index is 5.45. The molecule has 0 aliphatic carbocycles. The fraction of sp³-hybridized carbons (Fsp3) is 0.364. The highest BCUT2D eigenvalue weighted by Gasteiger charge is 1.92. The van der Waals surface area contributed by atoms with Crippen molar-refractivity contribution in [3.63, 3.8) is 0 Å². The largest absolute Gasteiger partial charge is 0.492 e. The van der Waals surface area contributed by atoms with E-state index < -0.39 is 0 Å². The Morgan fingerprint density at radius 2 is 2.38 bits per heavy atom. The molecule has 0 bridgehead atoms. The molecule has 1 aromatic rings. The molecule has 0 aromatic carbocycles. The van der Waals surface area contributed by atoms with Crippen LogP contribution in [0.25, 0.3) is 0 Å². The molecule has 0 saturated carbocycles. The summed E-state index contributed by atoms with van der Waals surface area (Å²) in [6.45, 7) is 4.42. The predicted molar refractivity (Wildman–Crippen MR) is 52.5 cm³/mol. The summed E-state index contributed by atoms with van der Waals surface area (Å²) in [5, 5.41) is 0. The van der Waals surface area contributed by atoms with Gasteiger partial charge in [-0.15, -0.1) is 11.8 Å². The molecule has 0 amide bonds. The molecule has 1 heterocycles. The number of nitrogens with zero attached hydrogens (tertiary/aromatic N) is 1. The Kier molecular flexibility index (Phi) is 3.84. The standard InChI is InChI=1S/C11H13NO/c1-3-4-5-8-13-11-6-7-12-10(2)9-11/h6-7,9H,5,8H2,1-2H3. The van der Waals surface area contributed by atoms with Crippen LogP contribution < -0.4 is 4.74 Å². The van der Waals surface area contributed by atoms with E-state index in [2.05, 4.69) is 16.8 Å². The summed E-state index contributed by atoms with van der Waals surface area (Å²) in [4.78, 5) is 4.08. The highest BCUT2D eigenvalue weighted by molar-refractivity contribution is 5.21. The van der Waals surface area contributed by atoms with Crippen molar-refractivity contribution in [2.24, 2.45) is 0 Å². The topological polar surface area (TPSA) is 22.1 Å². The van der Waals surface area contributed by atoms with E-state index in [1.54, 1.807) is 6.20 Å². The maximum Gasteiger partial charge on any atom is 0.122 e. The molecule has 0 fully saturated rings. The van der Waals surface area contributed by atoms with Gasteiger partial charge >= 0.3 is 0 Å². The molecule has 13 heavy (non-hydrogen) atoms.